The number of allylic oxidation sites excluding steroid dienone is 1. The SMILES string of the molecule is N#C/C(=C\c1cccc(OCCN2CCCCC2)c1)c1noc2ccccc12. The van der Waals surface area contributed by atoms with Gasteiger partial charge in [0.05, 0.1) is 11.0 Å². The van der Waals surface area contributed by atoms with Crippen LogP contribution in [0.2, 0.25) is 0 Å². The minimum absolute atomic E-state index is 0.468. The predicted molar refractivity (Wildman–Crippen MR) is 110 cm³/mol. The monoisotopic (exact) mass is 373 g/mol. The molecule has 0 bridgehead atoms. The summed E-state index contributed by atoms with van der Waals surface area (Å²) >= 11 is 0. The summed E-state index contributed by atoms with van der Waals surface area (Å²) in [4.78, 5) is 2.46. The first-order valence-electron chi connectivity index (χ1n) is 9.75. The molecule has 142 valence electrons. The second-order valence-corrected chi connectivity index (χ2v) is 7.02. The van der Waals surface area contributed by atoms with Gasteiger partial charge in [0.1, 0.15) is 24.1 Å². The Bertz CT molecular complexity index is 1010. The largest absolute Gasteiger partial charge is 0.492 e. The Kier molecular flexibility index (Phi) is 5.69. The third-order valence-corrected chi connectivity index (χ3v) is 5.05. The maximum atomic E-state index is 9.64. The minimum Gasteiger partial charge on any atom is -0.492 e. The van der Waals surface area contributed by atoms with Gasteiger partial charge in [0.25, 0.3) is 0 Å². The number of likely N-dealkylation sites (tertiary alicyclic amines) is 1. The Morgan fingerprint density at radius 1 is 1.14 bits per heavy atom. The molecule has 0 atom stereocenters. The van der Waals surface area contributed by atoms with Crippen molar-refractivity contribution in [1.82, 2.24) is 10.1 Å². The number of para-hydroxylation sites is 1. The van der Waals surface area contributed by atoms with E-state index >= 15 is 0 Å². The minimum atomic E-state index is 0.468. The van der Waals surface area contributed by atoms with Crippen LogP contribution in [0.25, 0.3) is 22.6 Å². The summed E-state index contributed by atoms with van der Waals surface area (Å²) in [6.45, 7) is 3.97. The van der Waals surface area contributed by atoms with Gasteiger partial charge in [-0.25, -0.2) is 0 Å². The fourth-order valence-electron chi connectivity index (χ4n) is 3.57. The Morgan fingerprint density at radius 2 is 2.00 bits per heavy atom. The van der Waals surface area contributed by atoms with Crippen LogP contribution in [0, 0.1) is 11.3 Å². The van der Waals surface area contributed by atoms with E-state index in [-0.39, 0.29) is 0 Å². The van der Waals surface area contributed by atoms with E-state index in [4.69, 9.17) is 9.26 Å². The van der Waals surface area contributed by atoms with E-state index < -0.39 is 0 Å². The molecule has 0 spiro atoms. The number of rotatable bonds is 6. The van der Waals surface area contributed by atoms with E-state index in [2.05, 4.69) is 16.1 Å². The second-order valence-electron chi connectivity index (χ2n) is 7.02. The van der Waals surface area contributed by atoms with E-state index in [1.807, 2.05) is 54.6 Å². The topological polar surface area (TPSA) is 62.3 Å². The summed E-state index contributed by atoms with van der Waals surface area (Å²) in [6, 6.07) is 17.6. The van der Waals surface area contributed by atoms with Gasteiger partial charge < -0.3 is 9.26 Å². The maximum absolute atomic E-state index is 9.64. The molecule has 2 aromatic carbocycles. The number of nitriles is 1. The van der Waals surface area contributed by atoms with Crippen LogP contribution in [0.5, 0.6) is 5.75 Å². The quantitative estimate of drug-likeness (QED) is 0.583. The number of piperidine rings is 1. The van der Waals surface area contributed by atoms with Gasteiger partial charge >= 0.3 is 0 Å². The van der Waals surface area contributed by atoms with Gasteiger partial charge in [0.15, 0.2) is 5.58 Å². The van der Waals surface area contributed by atoms with Crippen LogP contribution < -0.4 is 4.74 Å². The highest BCUT2D eigenvalue weighted by Gasteiger charge is 2.13. The summed E-state index contributed by atoms with van der Waals surface area (Å²) in [5, 5.41) is 14.6. The number of benzene rings is 2. The lowest BCUT2D eigenvalue weighted by molar-refractivity contribution is 0.183. The third kappa shape index (κ3) is 4.24. The summed E-state index contributed by atoms with van der Waals surface area (Å²) < 4.78 is 11.3. The fourth-order valence-corrected chi connectivity index (χ4v) is 3.57. The summed E-state index contributed by atoms with van der Waals surface area (Å²) in [5.41, 5.74) is 2.61. The number of hydrogen-bond acceptors (Lipinski definition) is 5. The molecule has 0 unspecified atom stereocenters. The zero-order chi connectivity index (χ0) is 19.2. The summed E-state index contributed by atoms with van der Waals surface area (Å²) in [6.07, 6.45) is 5.73. The van der Waals surface area contributed by atoms with Crippen molar-refractivity contribution in [3.8, 4) is 11.8 Å². The predicted octanol–water partition coefficient (Wildman–Crippen LogP) is 4.76. The molecule has 5 nitrogen and oxygen atoms in total. The number of hydrogen-bond donors (Lipinski definition) is 0. The maximum Gasteiger partial charge on any atom is 0.167 e. The Hall–Kier alpha value is -3.10. The van der Waals surface area contributed by atoms with Crippen molar-refractivity contribution in [1.29, 1.82) is 5.26 Å². The van der Waals surface area contributed by atoms with E-state index in [0.717, 1.165) is 23.2 Å². The van der Waals surface area contributed by atoms with Crippen LogP contribution in [-0.2, 0) is 0 Å². The highest BCUT2D eigenvalue weighted by molar-refractivity contribution is 5.98. The van der Waals surface area contributed by atoms with E-state index in [1.165, 1.54) is 32.4 Å². The highest BCUT2D eigenvalue weighted by atomic mass is 16.5. The number of nitrogens with zero attached hydrogens (tertiary/aromatic N) is 3. The number of aromatic nitrogens is 1. The van der Waals surface area contributed by atoms with Crippen molar-refractivity contribution in [2.24, 2.45) is 0 Å². The van der Waals surface area contributed by atoms with Crippen LogP contribution in [-0.4, -0.2) is 36.3 Å². The van der Waals surface area contributed by atoms with Crippen molar-refractivity contribution in [2.75, 3.05) is 26.2 Å². The molecule has 2 heterocycles. The standard InChI is InChI=1S/C23H23N3O2/c24-17-19(23-21-9-2-3-10-22(21)28-25-23)15-18-7-6-8-20(16-18)27-14-13-26-11-4-1-5-12-26/h2-3,6-10,15-16H,1,4-5,11-14H2/b19-15+. The van der Waals surface area contributed by atoms with E-state index in [1.54, 1.807) is 0 Å². The molecule has 1 fully saturated rings. The molecule has 1 aliphatic rings. The first-order chi connectivity index (χ1) is 13.8. The van der Waals surface area contributed by atoms with Crippen LogP contribution in [0.3, 0.4) is 0 Å². The zero-order valence-corrected chi connectivity index (χ0v) is 15.8. The molecular weight excluding hydrogens is 350 g/mol. The molecular formula is C23H23N3O2. The smallest absolute Gasteiger partial charge is 0.167 e. The third-order valence-electron chi connectivity index (χ3n) is 5.05. The first-order valence-corrected chi connectivity index (χ1v) is 9.75. The van der Waals surface area contributed by atoms with Crippen LogP contribution in [0.4, 0.5) is 0 Å². The van der Waals surface area contributed by atoms with E-state index in [0.29, 0.717) is 23.5 Å². The molecule has 0 saturated carbocycles. The van der Waals surface area contributed by atoms with Gasteiger partial charge in [0.2, 0.25) is 0 Å². The number of ether oxygens (including phenoxy) is 1. The van der Waals surface area contributed by atoms with Crippen LogP contribution >= 0.6 is 0 Å². The molecule has 1 saturated heterocycles. The Morgan fingerprint density at radius 3 is 2.86 bits per heavy atom. The lowest BCUT2D eigenvalue weighted by atomic mass is 10.1. The zero-order valence-electron chi connectivity index (χ0n) is 15.8. The second kappa shape index (κ2) is 8.73. The van der Waals surface area contributed by atoms with Crippen molar-refractivity contribution in [2.45, 2.75) is 19.3 Å². The normalized spacial score (nSPS) is 15.5. The molecule has 5 heteroatoms. The van der Waals surface area contributed by atoms with Crippen molar-refractivity contribution in [3.63, 3.8) is 0 Å². The van der Waals surface area contributed by atoms with Gasteiger partial charge in [0, 0.05) is 6.54 Å². The van der Waals surface area contributed by atoms with Crippen molar-refractivity contribution < 1.29 is 9.26 Å². The molecule has 3 aromatic rings. The average Bonchev–Trinajstić information content (AvgIpc) is 3.17. The molecule has 1 aromatic heterocycles. The van der Waals surface area contributed by atoms with Crippen molar-refractivity contribution >= 4 is 22.6 Å². The van der Waals surface area contributed by atoms with Gasteiger partial charge in [-0.1, -0.05) is 35.8 Å². The molecule has 0 N–H and O–H groups in total. The summed E-state index contributed by atoms with van der Waals surface area (Å²) in [5.74, 6) is 0.813. The molecule has 0 amide bonds. The average molecular weight is 373 g/mol. The Balaban J connectivity index is 1.47. The van der Waals surface area contributed by atoms with Crippen LogP contribution in [0.1, 0.15) is 30.5 Å². The Labute approximate surface area is 164 Å². The van der Waals surface area contributed by atoms with Gasteiger partial charge in [-0.05, 0) is 61.8 Å². The molecule has 28 heavy (non-hydrogen) atoms. The molecule has 0 radical (unpaired) electrons. The molecule has 1 aliphatic heterocycles. The van der Waals surface area contributed by atoms with E-state index in [9.17, 15) is 5.26 Å². The molecule has 0 aliphatic carbocycles. The van der Waals surface area contributed by atoms with Gasteiger partial charge in [-0.2, -0.15) is 5.26 Å². The van der Waals surface area contributed by atoms with Gasteiger partial charge in [-0.3, -0.25) is 4.90 Å². The fraction of sp³-hybridized carbons (Fsp3) is 0.304. The lowest BCUT2D eigenvalue weighted by Gasteiger charge is -2.26. The lowest BCUT2D eigenvalue weighted by Crippen LogP contribution is -2.33. The highest BCUT2D eigenvalue weighted by Crippen LogP contribution is 2.26. The van der Waals surface area contributed by atoms with Gasteiger partial charge in [-0.15, -0.1) is 0 Å². The first kappa shape index (κ1) is 18.3. The number of fused-ring (bicyclic) bond motifs is 1. The van der Waals surface area contributed by atoms with Crippen molar-refractivity contribution in [3.05, 3.63) is 59.8 Å². The summed E-state index contributed by atoms with van der Waals surface area (Å²) in [7, 11) is 0. The van der Waals surface area contributed by atoms with Crippen LogP contribution in [0.15, 0.2) is 53.1 Å². The molecule has 4 rings (SSSR count).